The highest BCUT2D eigenvalue weighted by Gasteiger charge is 2.29. The number of fused-ring (bicyclic) bond motifs is 3. The summed E-state index contributed by atoms with van der Waals surface area (Å²) in [5.41, 5.74) is 13.9. The molecule has 51 heavy (non-hydrogen) atoms. The van der Waals surface area contributed by atoms with Crippen molar-refractivity contribution in [3.05, 3.63) is 99.3 Å². The molecule has 3 heterocycles. The first-order chi connectivity index (χ1) is 23.1. The Morgan fingerprint density at radius 2 is 0.804 bits per heavy atom. The molecule has 4 aromatic rings. The molecule has 0 saturated carbocycles. The number of benzene rings is 3. The Hall–Kier alpha value is -3.53. The van der Waals surface area contributed by atoms with Gasteiger partial charge < -0.3 is 4.52 Å². The van der Waals surface area contributed by atoms with Gasteiger partial charge in [-0.25, -0.2) is 0 Å². The van der Waals surface area contributed by atoms with Crippen molar-refractivity contribution in [2.45, 2.75) is 159 Å². The van der Waals surface area contributed by atoms with Crippen molar-refractivity contribution in [2.75, 3.05) is 0 Å². The highest BCUT2D eigenvalue weighted by molar-refractivity contribution is 6.07. The Morgan fingerprint density at radius 1 is 0.431 bits per heavy atom. The van der Waals surface area contributed by atoms with Gasteiger partial charge in [-0.3, -0.25) is 9.98 Å². The Labute approximate surface area is 310 Å². The quantitative estimate of drug-likeness (QED) is 0.184. The van der Waals surface area contributed by atoms with Gasteiger partial charge in [-0.15, -0.1) is 0 Å². The summed E-state index contributed by atoms with van der Waals surface area (Å²) in [6, 6.07) is 20.1. The summed E-state index contributed by atoms with van der Waals surface area (Å²) in [5, 5.41) is 5.28. The van der Waals surface area contributed by atoms with E-state index < -0.39 is 0 Å². The van der Waals surface area contributed by atoms with Crippen LogP contribution in [0.15, 0.2) is 69.1 Å². The summed E-state index contributed by atoms with van der Waals surface area (Å²) in [4.78, 5) is 9.43. The van der Waals surface area contributed by atoms with Gasteiger partial charge in [-0.1, -0.05) is 160 Å². The zero-order valence-corrected chi connectivity index (χ0v) is 35.4. The molecule has 0 atom stereocenters. The fourth-order valence-electron chi connectivity index (χ4n) is 6.53. The van der Waals surface area contributed by atoms with Crippen LogP contribution in [0.1, 0.15) is 169 Å². The Bertz CT molecular complexity index is 1830. The zero-order valence-electron chi connectivity index (χ0n) is 35.4. The van der Waals surface area contributed by atoms with Crippen LogP contribution in [-0.2, 0) is 34.7 Å². The zero-order chi connectivity index (χ0) is 38.5. The third-order valence-electron chi connectivity index (χ3n) is 9.72. The van der Waals surface area contributed by atoms with Crippen molar-refractivity contribution in [3.63, 3.8) is 0 Å². The molecule has 2 aliphatic heterocycles. The predicted octanol–water partition coefficient (Wildman–Crippen LogP) is 13.1. The summed E-state index contributed by atoms with van der Waals surface area (Å²) in [7, 11) is 0. The van der Waals surface area contributed by atoms with Crippen molar-refractivity contribution < 1.29 is 4.52 Å². The van der Waals surface area contributed by atoms with Gasteiger partial charge >= 0.3 is 0 Å². The van der Waals surface area contributed by atoms with E-state index in [4.69, 9.17) is 14.5 Å². The van der Waals surface area contributed by atoms with Gasteiger partial charge in [0.1, 0.15) is 11.3 Å². The van der Waals surface area contributed by atoms with E-state index in [9.17, 15) is 0 Å². The minimum absolute atomic E-state index is 0.00867. The van der Waals surface area contributed by atoms with E-state index in [1.807, 2.05) is 0 Å². The molecule has 0 spiro atoms. The van der Waals surface area contributed by atoms with Gasteiger partial charge in [-0.2, -0.15) is 0 Å². The van der Waals surface area contributed by atoms with Crippen LogP contribution in [0.3, 0.4) is 0 Å². The first-order valence-corrected chi connectivity index (χ1v) is 18.9. The number of aliphatic imine (C=N–C) groups is 2. The van der Waals surface area contributed by atoms with Gasteiger partial charge in [0, 0.05) is 44.2 Å². The van der Waals surface area contributed by atoms with Crippen LogP contribution in [0.25, 0.3) is 10.9 Å². The summed E-state index contributed by atoms with van der Waals surface area (Å²) in [5.74, 6) is 0.971. The second-order valence-corrected chi connectivity index (χ2v) is 20.8. The molecule has 0 N–H and O–H groups in total. The minimum Gasteiger partial charge on any atom is -0.360 e. The lowest BCUT2D eigenvalue weighted by Gasteiger charge is -2.23. The van der Waals surface area contributed by atoms with E-state index in [1.54, 1.807) is 0 Å². The van der Waals surface area contributed by atoms with Gasteiger partial charge in [0.05, 0.1) is 13.1 Å². The van der Waals surface area contributed by atoms with Crippen LogP contribution in [0, 0.1) is 10.8 Å². The summed E-state index contributed by atoms with van der Waals surface area (Å²) >= 11 is 0. The monoisotopic (exact) mass is 690 g/mol. The van der Waals surface area contributed by atoms with Crippen LogP contribution in [0.4, 0.5) is 0 Å². The highest BCUT2D eigenvalue weighted by Crippen LogP contribution is 2.36. The third-order valence-corrected chi connectivity index (χ3v) is 9.72. The minimum atomic E-state index is -0.00867. The van der Waals surface area contributed by atoms with E-state index in [0.29, 0.717) is 0 Å². The third kappa shape index (κ3) is 9.48. The van der Waals surface area contributed by atoms with Crippen LogP contribution in [0.5, 0.6) is 0 Å². The fraction of sp³-hybridized carbons (Fsp3) is 0.553. The molecule has 0 amide bonds. The molecule has 276 valence electrons. The molecule has 0 unspecified atom stereocenters. The maximum Gasteiger partial charge on any atom is 0.149 e. The first kappa shape index (κ1) is 40.2. The molecule has 1 aromatic heterocycles. The average Bonchev–Trinajstić information content (AvgIpc) is 3.71. The van der Waals surface area contributed by atoms with Crippen LogP contribution < -0.4 is 0 Å². The first-order valence-electron chi connectivity index (χ1n) is 18.9. The van der Waals surface area contributed by atoms with Gasteiger partial charge in [-0.05, 0) is 68.3 Å². The van der Waals surface area contributed by atoms with E-state index in [-0.39, 0.29) is 32.5 Å². The average molecular weight is 690 g/mol. The molecule has 0 radical (unpaired) electrons. The Morgan fingerprint density at radius 3 is 1.16 bits per heavy atom. The standard InChI is InChI=1S/2C16H23N.C15H21NO/c2*1-15(2,3)12-8-7-11-10-17-14(13(11)9-12)16(4,5)6;1-14(2,3)10-7-8-12-11(9-10)13(17-16-12)15(4,5)6/h2*7-9H,10H2,1-6H3;7-9H,1-6H3. The normalized spacial score (nSPS) is 14.9. The smallest absolute Gasteiger partial charge is 0.149 e. The Kier molecular flexibility index (Phi) is 10.9. The molecule has 0 saturated heterocycles. The van der Waals surface area contributed by atoms with Gasteiger partial charge in [0.15, 0.2) is 0 Å². The van der Waals surface area contributed by atoms with Gasteiger partial charge in [0.25, 0.3) is 0 Å². The molecular weight excluding hydrogens is 623 g/mol. The molecule has 0 fully saturated rings. The highest BCUT2D eigenvalue weighted by atomic mass is 16.5. The second-order valence-electron chi connectivity index (χ2n) is 20.8. The molecular formula is C47H67N3O. The number of hydrogen-bond donors (Lipinski definition) is 0. The maximum atomic E-state index is 5.50. The van der Waals surface area contributed by atoms with E-state index in [1.165, 1.54) is 50.4 Å². The second kappa shape index (κ2) is 13.8. The number of hydrogen-bond acceptors (Lipinski definition) is 4. The lowest BCUT2D eigenvalue weighted by Crippen LogP contribution is -2.21. The molecule has 4 heteroatoms. The lowest BCUT2D eigenvalue weighted by molar-refractivity contribution is 0.336. The molecule has 0 aliphatic carbocycles. The molecule has 0 bridgehead atoms. The summed E-state index contributed by atoms with van der Waals surface area (Å²) in [6.07, 6.45) is 0. The van der Waals surface area contributed by atoms with E-state index >= 15 is 0 Å². The number of nitrogens with zero attached hydrogens (tertiary/aromatic N) is 3. The van der Waals surface area contributed by atoms with Crippen molar-refractivity contribution >= 4 is 22.3 Å². The molecule has 2 aliphatic rings. The number of aromatic nitrogens is 1. The topological polar surface area (TPSA) is 50.8 Å². The largest absolute Gasteiger partial charge is 0.360 e. The summed E-state index contributed by atoms with van der Waals surface area (Å²) in [6.45, 7) is 41.8. The van der Waals surface area contributed by atoms with Crippen LogP contribution in [-0.4, -0.2) is 16.6 Å². The van der Waals surface area contributed by atoms with E-state index in [2.05, 4.69) is 184 Å². The summed E-state index contributed by atoms with van der Waals surface area (Å²) < 4.78 is 5.50. The van der Waals surface area contributed by atoms with Crippen molar-refractivity contribution in [3.8, 4) is 0 Å². The molecule has 4 nitrogen and oxygen atoms in total. The number of rotatable bonds is 0. The van der Waals surface area contributed by atoms with Crippen molar-refractivity contribution in [1.82, 2.24) is 5.16 Å². The Balaban J connectivity index is 0.000000172. The predicted molar refractivity (Wildman–Crippen MR) is 221 cm³/mol. The molecule has 6 rings (SSSR count). The van der Waals surface area contributed by atoms with Gasteiger partial charge in [0.2, 0.25) is 0 Å². The van der Waals surface area contributed by atoms with Crippen LogP contribution in [0.2, 0.25) is 0 Å². The molecule has 3 aromatic carbocycles. The van der Waals surface area contributed by atoms with Crippen LogP contribution >= 0.6 is 0 Å². The fourth-order valence-corrected chi connectivity index (χ4v) is 6.53. The van der Waals surface area contributed by atoms with Crippen molar-refractivity contribution in [1.29, 1.82) is 0 Å². The maximum absolute atomic E-state index is 5.50. The van der Waals surface area contributed by atoms with Crippen molar-refractivity contribution in [2.24, 2.45) is 20.8 Å². The van der Waals surface area contributed by atoms with E-state index in [0.717, 1.165) is 29.8 Å². The SMILES string of the molecule is CC(C)(C)C1=NCc2ccc(C(C)(C)C)cc21.CC(C)(C)C1=NCc2ccc(C(C)(C)C)cc21.CC(C)(C)c1ccc2noc(C(C)(C)C)c2c1. The lowest BCUT2D eigenvalue weighted by atomic mass is 9.81.